The van der Waals surface area contributed by atoms with Crippen LogP contribution in [0, 0.1) is 0 Å². The Morgan fingerprint density at radius 3 is 2.58 bits per heavy atom. The van der Waals surface area contributed by atoms with Gasteiger partial charge in [-0.1, -0.05) is 6.92 Å². The number of ether oxygens (including phenoxy) is 1. The monoisotopic (exact) mass is 266 g/mol. The van der Waals surface area contributed by atoms with E-state index in [9.17, 15) is 0 Å². The molecule has 0 unspecified atom stereocenters. The van der Waals surface area contributed by atoms with Gasteiger partial charge in [-0.2, -0.15) is 0 Å². The second kappa shape index (κ2) is 7.94. The molecule has 0 spiro atoms. The molecule has 1 N–H and O–H groups in total. The van der Waals surface area contributed by atoms with Gasteiger partial charge in [0.1, 0.15) is 18.2 Å². The molecule has 1 aromatic rings. The number of nitrogens with zero attached hydrogens (tertiary/aromatic N) is 3. The third kappa shape index (κ3) is 4.67. The van der Waals surface area contributed by atoms with Crippen LogP contribution in [0.3, 0.4) is 0 Å². The summed E-state index contributed by atoms with van der Waals surface area (Å²) >= 11 is 0. The summed E-state index contributed by atoms with van der Waals surface area (Å²) in [5, 5.41) is 3.32. The maximum Gasteiger partial charge on any atom is 0.158 e. The van der Waals surface area contributed by atoms with Crippen LogP contribution in [0.15, 0.2) is 6.07 Å². The molecule has 5 nitrogen and oxygen atoms in total. The summed E-state index contributed by atoms with van der Waals surface area (Å²) in [7, 11) is 1.66. The second-order valence-electron chi connectivity index (χ2n) is 4.77. The van der Waals surface area contributed by atoms with Crippen molar-refractivity contribution in [2.24, 2.45) is 0 Å². The summed E-state index contributed by atoms with van der Waals surface area (Å²) < 4.78 is 5.14. The van der Waals surface area contributed by atoms with Gasteiger partial charge < -0.3 is 15.0 Å². The SMILES string of the molecule is CCCNc1cc(N(CC)C(C)C)nc(COC)n1. The van der Waals surface area contributed by atoms with Crippen molar-refractivity contribution in [2.75, 3.05) is 30.4 Å². The number of hydrogen-bond donors (Lipinski definition) is 1. The van der Waals surface area contributed by atoms with E-state index in [1.54, 1.807) is 7.11 Å². The van der Waals surface area contributed by atoms with Crippen molar-refractivity contribution in [3.63, 3.8) is 0 Å². The van der Waals surface area contributed by atoms with Gasteiger partial charge in [-0.25, -0.2) is 9.97 Å². The fourth-order valence-corrected chi connectivity index (χ4v) is 1.96. The van der Waals surface area contributed by atoms with Gasteiger partial charge in [-0.15, -0.1) is 0 Å². The third-order valence-electron chi connectivity index (χ3n) is 2.85. The van der Waals surface area contributed by atoms with Crippen LogP contribution in [0.4, 0.5) is 11.6 Å². The average Bonchev–Trinajstić information content (AvgIpc) is 2.37. The van der Waals surface area contributed by atoms with Crippen LogP contribution in [-0.4, -0.2) is 36.2 Å². The Morgan fingerprint density at radius 2 is 2.05 bits per heavy atom. The average molecular weight is 266 g/mol. The van der Waals surface area contributed by atoms with Crippen molar-refractivity contribution < 1.29 is 4.74 Å². The van der Waals surface area contributed by atoms with E-state index >= 15 is 0 Å². The van der Waals surface area contributed by atoms with E-state index in [1.165, 1.54) is 0 Å². The van der Waals surface area contributed by atoms with Crippen LogP contribution in [0.25, 0.3) is 0 Å². The highest BCUT2D eigenvalue weighted by atomic mass is 16.5. The number of aromatic nitrogens is 2. The van der Waals surface area contributed by atoms with Crippen LogP contribution < -0.4 is 10.2 Å². The zero-order chi connectivity index (χ0) is 14.3. The summed E-state index contributed by atoms with van der Waals surface area (Å²) in [4.78, 5) is 11.3. The molecule has 0 aliphatic rings. The molecule has 1 heterocycles. The van der Waals surface area contributed by atoms with Crippen molar-refractivity contribution >= 4 is 11.6 Å². The molecular weight excluding hydrogens is 240 g/mol. The Balaban J connectivity index is 3.03. The van der Waals surface area contributed by atoms with Crippen LogP contribution in [-0.2, 0) is 11.3 Å². The lowest BCUT2D eigenvalue weighted by Crippen LogP contribution is -2.31. The largest absolute Gasteiger partial charge is 0.377 e. The number of hydrogen-bond acceptors (Lipinski definition) is 5. The van der Waals surface area contributed by atoms with Gasteiger partial charge in [-0.3, -0.25) is 0 Å². The van der Waals surface area contributed by atoms with E-state index in [0.717, 1.165) is 37.0 Å². The second-order valence-corrected chi connectivity index (χ2v) is 4.77. The quantitative estimate of drug-likeness (QED) is 0.784. The zero-order valence-electron chi connectivity index (χ0n) is 12.7. The summed E-state index contributed by atoms with van der Waals surface area (Å²) in [5.41, 5.74) is 0. The molecule has 108 valence electrons. The first-order valence-electron chi connectivity index (χ1n) is 6.99. The molecule has 0 fully saturated rings. The molecule has 0 aliphatic carbocycles. The van der Waals surface area contributed by atoms with Crippen LogP contribution in [0.5, 0.6) is 0 Å². The Bertz CT molecular complexity index is 382. The molecular formula is C14H26N4O. The van der Waals surface area contributed by atoms with E-state index in [2.05, 4.69) is 47.9 Å². The lowest BCUT2D eigenvalue weighted by molar-refractivity contribution is 0.178. The van der Waals surface area contributed by atoms with Gasteiger partial charge in [0.05, 0.1) is 0 Å². The molecule has 0 aromatic carbocycles. The predicted molar refractivity (Wildman–Crippen MR) is 79.7 cm³/mol. The molecule has 1 rings (SSSR count). The Labute approximate surface area is 116 Å². The van der Waals surface area contributed by atoms with Crippen molar-refractivity contribution in [2.45, 2.75) is 46.8 Å². The topological polar surface area (TPSA) is 50.3 Å². The molecule has 0 saturated heterocycles. The molecule has 0 atom stereocenters. The Morgan fingerprint density at radius 1 is 1.32 bits per heavy atom. The van der Waals surface area contributed by atoms with Gasteiger partial charge in [0.25, 0.3) is 0 Å². The van der Waals surface area contributed by atoms with E-state index in [0.29, 0.717) is 12.6 Å². The minimum Gasteiger partial charge on any atom is -0.377 e. The zero-order valence-corrected chi connectivity index (χ0v) is 12.7. The fraction of sp³-hybridized carbons (Fsp3) is 0.714. The van der Waals surface area contributed by atoms with Crippen LogP contribution >= 0.6 is 0 Å². The highest BCUT2D eigenvalue weighted by molar-refractivity contribution is 5.49. The van der Waals surface area contributed by atoms with Crippen molar-refractivity contribution in [3.05, 3.63) is 11.9 Å². The molecule has 19 heavy (non-hydrogen) atoms. The molecule has 1 aromatic heterocycles. The third-order valence-corrected chi connectivity index (χ3v) is 2.85. The van der Waals surface area contributed by atoms with Crippen molar-refractivity contribution in [1.82, 2.24) is 9.97 Å². The molecule has 0 amide bonds. The number of anilines is 2. The molecule has 0 saturated carbocycles. The van der Waals surface area contributed by atoms with Gasteiger partial charge in [0.2, 0.25) is 0 Å². The molecule has 0 radical (unpaired) electrons. The summed E-state index contributed by atoms with van der Waals surface area (Å²) in [6.45, 7) is 10.9. The molecule has 5 heteroatoms. The van der Waals surface area contributed by atoms with Crippen molar-refractivity contribution in [1.29, 1.82) is 0 Å². The summed E-state index contributed by atoms with van der Waals surface area (Å²) in [5.74, 6) is 2.55. The van der Waals surface area contributed by atoms with E-state index in [-0.39, 0.29) is 0 Å². The van der Waals surface area contributed by atoms with E-state index in [1.807, 2.05) is 6.07 Å². The Hall–Kier alpha value is -1.36. The smallest absolute Gasteiger partial charge is 0.158 e. The highest BCUT2D eigenvalue weighted by Gasteiger charge is 2.13. The van der Waals surface area contributed by atoms with Gasteiger partial charge in [-0.05, 0) is 27.2 Å². The minimum atomic E-state index is 0.411. The Kier molecular flexibility index (Phi) is 6.56. The van der Waals surface area contributed by atoms with Gasteiger partial charge in [0.15, 0.2) is 5.82 Å². The summed E-state index contributed by atoms with van der Waals surface area (Å²) in [6.07, 6.45) is 1.07. The fourth-order valence-electron chi connectivity index (χ4n) is 1.96. The normalized spacial score (nSPS) is 10.8. The summed E-state index contributed by atoms with van der Waals surface area (Å²) in [6, 6.07) is 2.42. The predicted octanol–water partition coefficient (Wildman–Crippen LogP) is 2.68. The lowest BCUT2D eigenvalue weighted by atomic mass is 10.3. The van der Waals surface area contributed by atoms with Crippen LogP contribution in [0.1, 0.15) is 39.9 Å². The molecule has 0 bridgehead atoms. The minimum absolute atomic E-state index is 0.411. The number of nitrogens with one attached hydrogen (secondary N) is 1. The van der Waals surface area contributed by atoms with E-state index < -0.39 is 0 Å². The lowest BCUT2D eigenvalue weighted by Gasteiger charge is -2.27. The standard InChI is InChI=1S/C14H26N4O/c1-6-8-15-12-9-14(18(7-2)11(3)4)17-13(16-12)10-19-5/h9,11H,6-8,10H2,1-5H3,(H,15,16,17). The van der Waals surface area contributed by atoms with Crippen LogP contribution in [0.2, 0.25) is 0 Å². The maximum atomic E-state index is 5.14. The molecule has 0 aliphatic heterocycles. The van der Waals surface area contributed by atoms with E-state index in [4.69, 9.17) is 4.74 Å². The first kappa shape index (κ1) is 15.7. The van der Waals surface area contributed by atoms with Gasteiger partial charge >= 0.3 is 0 Å². The van der Waals surface area contributed by atoms with Crippen molar-refractivity contribution in [3.8, 4) is 0 Å². The first-order chi connectivity index (χ1) is 9.12. The highest BCUT2D eigenvalue weighted by Crippen LogP contribution is 2.18. The maximum absolute atomic E-state index is 5.14. The first-order valence-corrected chi connectivity index (χ1v) is 6.99. The number of rotatable bonds is 8. The number of methoxy groups -OCH3 is 1. The van der Waals surface area contributed by atoms with Gasteiger partial charge in [0, 0.05) is 32.3 Å².